The third kappa shape index (κ3) is 7.44. The minimum atomic E-state index is -0.279. The number of para-hydroxylation sites is 2. The minimum absolute atomic E-state index is 0.0676. The highest BCUT2D eigenvalue weighted by atomic mass is 19.1. The molecule has 1 N–H and O–H groups in total. The lowest BCUT2D eigenvalue weighted by atomic mass is 10.0. The van der Waals surface area contributed by atoms with Gasteiger partial charge in [-0.05, 0) is 87.2 Å². The van der Waals surface area contributed by atoms with Crippen LogP contribution in [0, 0.1) is 5.82 Å². The Labute approximate surface area is 240 Å². The summed E-state index contributed by atoms with van der Waals surface area (Å²) in [5, 5.41) is 0. The molecule has 2 heterocycles. The normalized spacial score (nSPS) is 14.5. The number of likely N-dealkylation sites (tertiary alicyclic amines) is 1. The molecule has 7 nitrogen and oxygen atoms in total. The number of fused-ring (bicyclic) bond motifs is 1. The lowest BCUT2D eigenvalue weighted by Gasteiger charge is -2.39. The highest BCUT2D eigenvalue weighted by Crippen LogP contribution is 2.22. The second-order valence-corrected chi connectivity index (χ2v) is 11.2. The van der Waals surface area contributed by atoms with E-state index in [0.717, 1.165) is 66.8 Å². The number of H-pyrrole nitrogens is 1. The van der Waals surface area contributed by atoms with Crippen LogP contribution < -0.4 is 10.4 Å². The van der Waals surface area contributed by atoms with E-state index in [1.165, 1.54) is 12.1 Å². The van der Waals surface area contributed by atoms with Crippen molar-refractivity contribution in [1.29, 1.82) is 0 Å². The number of halogens is 1. The summed E-state index contributed by atoms with van der Waals surface area (Å²) in [6.45, 7) is 7.78. The zero-order chi connectivity index (χ0) is 28.8. The summed E-state index contributed by atoms with van der Waals surface area (Å²) in [7, 11) is 0. The Morgan fingerprint density at radius 2 is 1.66 bits per heavy atom. The van der Waals surface area contributed by atoms with Crippen LogP contribution in [0.5, 0.6) is 5.75 Å². The van der Waals surface area contributed by atoms with Crippen LogP contribution in [0.25, 0.3) is 11.0 Å². The lowest BCUT2D eigenvalue weighted by Crippen LogP contribution is -2.47. The van der Waals surface area contributed by atoms with Crippen molar-refractivity contribution < 1.29 is 13.9 Å². The first-order valence-electron chi connectivity index (χ1n) is 14.5. The van der Waals surface area contributed by atoms with E-state index in [1.807, 2.05) is 71.8 Å². The molecule has 0 radical (unpaired) electrons. The van der Waals surface area contributed by atoms with Gasteiger partial charge < -0.3 is 19.5 Å². The van der Waals surface area contributed by atoms with E-state index in [1.54, 1.807) is 12.1 Å². The number of aromatic amines is 1. The summed E-state index contributed by atoms with van der Waals surface area (Å²) in [6.07, 6.45) is 3.03. The molecule has 1 aliphatic heterocycles. The quantitative estimate of drug-likeness (QED) is 0.268. The molecule has 0 saturated carbocycles. The molecule has 1 amide bonds. The Bertz CT molecular complexity index is 1490. The number of aryl methyl sites for hydroxylation is 1. The molecule has 8 heteroatoms. The monoisotopic (exact) mass is 558 g/mol. The maximum absolute atomic E-state index is 13.6. The maximum Gasteiger partial charge on any atom is 0.326 e. The summed E-state index contributed by atoms with van der Waals surface area (Å²) >= 11 is 0. The van der Waals surface area contributed by atoms with Gasteiger partial charge in [0.25, 0.3) is 0 Å². The highest BCUT2D eigenvalue weighted by Gasteiger charge is 2.28. The Balaban J connectivity index is 1.19. The zero-order valence-corrected chi connectivity index (χ0v) is 23.9. The van der Waals surface area contributed by atoms with Crippen molar-refractivity contribution in [2.75, 3.05) is 19.6 Å². The summed E-state index contributed by atoms with van der Waals surface area (Å²) in [4.78, 5) is 33.4. The molecule has 1 aromatic heterocycles. The second-order valence-electron chi connectivity index (χ2n) is 11.2. The fourth-order valence-corrected chi connectivity index (χ4v) is 5.68. The summed E-state index contributed by atoms with van der Waals surface area (Å²) in [5.74, 6) is 0.587. The molecule has 0 bridgehead atoms. The van der Waals surface area contributed by atoms with Gasteiger partial charge >= 0.3 is 5.69 Å². The fourth-order valence-electron chi connectivity index (χ4n) is 5.68. The first kappa shape index (κ1) is 28.6. The molecule has 41 heavy (non-hydrogen) atoms. The number of nitrogens with zero attached hydrogens (tertiary/aromatic N) is 3. The lowest BCUT2D eigenvalue weighted by molar-refractivity contribution is -0.134. The topological polar surface area (TPSA) is 70.6 Å². The van der Waals surface area contributed by atoms with E-state index >= 15 is 0 Å². The van der Waals surface area contributed by atoms with Crippen LogP contribution in [-0.2, 0) is 24.3 Å². The van der Waals surface area contributed by atoms with Gasteiger partial charge in [0.05, 0.1) is 23.6 Å². The number of hydrogen-bond acceptors (Lipinski definition) is 4. The maximum atomic E-state index is 13.6. The highest BCUT2D eigenvalue weighted by molar-refractivity contribution is 5.79. The van der Waals surface area contributed by atoms with Crippen LogP contribution in [0.15, 0.2) is 77.6 Å². The Morgan fingerprint density at radius 1 is 0.976 bits per heavy atom. The van der Waals surface area contributed by atoms with Crippen LogP contribution >= 0.6 is 0 Å². The molecular weight excluding hydrogens is 519 g/mol. The van der Waals surface area contributed by atoms with Gasteiger partial charge in [0, 0.05) is 32.2 Å². The average molecular weight is 559 g/mol. The van der Waals surface area contributed by atoms with E-state index < -0.39 is 0 Å². The van der Waals surface area contributed by atoms with Gasteiger partial charge in [-0.1, -0.05) is 36.4 Å². The molecule has 216 valence electrons. The number of piperidine rings is 1. The molecular formula is C33H39FN4O3. The molecule has 0 aliphatic carbocycles. The molecule has 0 spiro atoms. The SMILES string of the molecule is CC(C)Oc1ccc(CC(=O)N(Cc2ccc(F)cc2)C2CCN(CCCn3c(=O)[nH]c4ccccc43)CC2)cc1. The number of aromatic nitrogens is 2. The number of ether oxygens (including phenoxy) is 1. The molecule has 3 aromatic carbocycles. The van der Waals surface area contributed by atoms with E-state index in [0.29, 0.717) is 19.5 Å². The van der Waals surface area contributed by atoms with Crippen LogP contribution in [0.3, 0.4) is 0 Å². The van der Waals surface area contributed by atoms with Crippen LogP contribution in [0.1, 0.15) is 44.2 Å². The third-order valence-electron chi connectivity index (χ3n) is 7.77. The molecule has 5 rings (SSSR count). The molecule has 1 saturated heterocycles. The summed E-state index contributed by atoms with van der Waals surface area (Å²) < 4.78 is 21.1. The fraction of sp³-hybridized carbons (Fsp3) is 0.394. The van der Waals surface area contributed by atoms with Gasteiger partial charge in [-0.2, -0.15) is 0 Å². The number of rotatable bonds is 11. The first-order chi connectivity index (χ1) is 19.9. The minimum Gasteiger partial charge on any atom is -0.491 e. The number of amides is 1. The Hall–Kier alpha value is -3.91. The number of carbonyl (C=O) groups is 1. The van der Waals surface area contributed by atoms with Gasteiger partial charge in [-0.15, -0.1) is 0 Å². The molecule has 0 atom stereocenters. The summed E-state index contributed by atoms with van der Waals surface area (Å²) in [6, 6.07) is 22.0. The average Bonchev–Trinajstić information content (AvgIpc) is 3.28. The molecule has 1 aliphatic rings. The molecule has 1 fully saturated rings. The standard InChI is InChI=1S/C33H39FN4O3/c1-24(2)41-29-14-10-25(11-15-29)22-32(39)38(23-26-8-12-27(34)13-9-26)28-16-20-36(21-17-28)18-5-19-37-31-7-4-3-6-30(31)35-33(37)40/h3-4,6-15,24,28H,5,16-23H2,1-2H3,(H,35,40). The van der Waals surface area contributed by atoms with Crippen molar-refractivity contribution in [2.45, 2.75) is 64.8 Å². The zero-order valence-electron chi connectivity index (χ0n) is 23.9. The Morgan fingerprint density at radius 3 is 2.37 bits per heavy atom. The number of imidazole rings is 1. The van der Waals surface area contributed by atoms with Crippen molar-refractivity contribution in [1.82, 2.24) is 19.4 Å². The second kappa shape index (κ2) is 13.2. The first-order valence-corrected chi connectivity index (χ1v) is 14.5. The van der Waals surface area contributed by atoms with Crippen molar-refractivity contribution >= 4 is 16.9 Å². The van der Waals surface area contributed by atoms with Crippen molar-refractivity contribution in [3.05, 3.63) is 100 Å². The Kier molecular flexibility index (Phi) is 9.19. The van der Waals surface area contributed by atoms with Gasteiger partial charge in [0.15, 0.2) is 0 Å². The van der Waals surface area contributed by atoms with Crippen LogP contribution in [0.2, 0.25) is 0 Å². The number of nitrogens with one attached hydrogen (secondary N) is 1. The smallest absolute Gasteiger partial charge is 0.326 e. The number of benzene rings is 3. The number of carbonyl (C=O) groups excluding carboxylic acids is 1. The van der Waals surface area contributed by atoms with Crippen molar-refractivity contribution in [3.8, 4) is 5.75 Å². The van der Waals surface area contributed by atoms with Gasteiger partial charge in [-0.25, -0.2) is 9.18 Å². The summed E-state index contributed by atoms with van der Waals surface area (Å²) in [5.41, 5.74) is 3.60. The van der Waals surface area contributed by atoms with Crippen molar-refractivity contribution in [2.24, 2.45) is 0 Å². The predicted molar refractivity (Wildman–Crippen MR) is 159 cm³/mol. The van der Waals surface area contributed by atoms with Gasteiger partial charge in [0.2, 0.25) is 5.91 Å². The van der Waals surface area contributed by atoms with E-state index in [-0.39, 0.29) is 29.6 Å². The molecule has 4 aromatic rings. The van der Waals surface area contributed by atoms with Gasteiger partial charge in [-0.3, -0.25) is 9.36 Å². The largest absolute Gasteiger partial charge is 0.491 e. The van der Waals surface area contributed by atoms with E-state index in [4.69, 9.17) is 4.74 Å². The van der Waals surface area contributed by atoms with E-state index in [2.05, 4.69) is 9.88 Å². The van der Waals surface area contributed by atoms with Crippen LogP contribution in [0.4, 0.5) is 4.39 Å². The predicted octanol–water partition coefficient (Wildman–Crippen LogP) is 5.38. The van der Waals surface area contributed by atoms with Gasteiger partial charge in [0.1, 0.15) is 11.6 Å². The van der Waals surface area contributed by atoms with E-state index in [9.17, 15) is 14.0 Å². The third-order valence-corrected chi connectivity index (χ3v) is 7.77. The molecule has 0 unspecified atom stereocenters. The van der Waals surface area contributed by atoms with Crippen LogP contribution in [-0.4, -0.2) is 57.0 Å². The van der Waals surface area contributed by atoms with Crippen molar-refractivity contribution in [3.63, 3.8) is 0 Å². The number of hydrogen-bond donors (Lipinski definition) is 1.